The molecule has 4 rings (SSSR count). The fourth-order valence-electron chi connectivity index (χ4n) is 5.53. The van der Waals surface area contributed by atoms with Gasteiger partial charge in [-0.15, -0.1) is 0 Å². The fraction of sp³-hybridized carbons (Fsp3) is 0.417. The minimum atomic E-state index is -4.35. The van der Waals surface area contributed by atoms with Crippen LogP contribution in [-0.2, 0) is 36.8 Å². The lowest BCUT2D eigenvalue weighted by molar-refractivity contribution is -0.138. The number of benzene rings is 3. The Kier molecular flexibility index (Phi) is 11.7. The van der Waals surface area contributed by atoms with E-state index >= 15 is 0 Å². The van der Waals surface area contributed by atoms with Crippen molar-refractivity contribution in [2.45, 2.75) is 83.5 Å². The van der Waals surface area contributed by atoms with Gasteiger partial charge in [-0.2, -0.15) is 13.2 Å². The average Bonchev–Trinajstić information content (AvgIpc) is 3.01. The van der Waals surface area contributed by atoms with Gasteiger partial charge in [-0.05, 0) is 79.1 Å². The Balaban J connectivity index is 1.59. The summed E-state index contributed by atoms with van der Waals surface area (Å²) < 4.78 is 39.1. The van der Waals surface area contributed by atoms with Crippen molar-refractivity contribution in [3.8, 4) is 0 Å². The maximum absolute atomic E-state index is 14.0. The minimum Gasteiger partial charge on any atom is -0.361 e. The molecule has 0 unspecified atom stereocenters. The van der Waals surface area contributed by atoms with Gasteiger partial charge in [-0.3, -0.25) is 4.79 Å². The number of halogens is 3. The molecule has 3 nitrogen and oxygen atoms in total. The molecule has 0 N–H and O–H groups in total. The number of unbranched alkanes of at least 4 members (excludes halogenated alkanes) is 2. The van der Waals surface area contributed by atoms with Gasteiger partial charge in [0, 0.05) is 26.1 Å². The number of likely N-dealkylation sites (tertiary alicyclic amines) is 1. The van der Waals surface area contributed by atoms with E-state index < -0.39 is 17.8 Å². The monoisotopic (exact) mass is 576 g/mol. The molecule has 0 radical (unpaired) electrons. The zero-order valence-corrected chi connectivity index (χ0v) is 24.7. The molecule has 1 atom stereocenters. The van der Waals surface area contributed by atoms with E-state index in [-0.39, 0.29) is 5.91 Å². The second kappa shape index (κ2) is 15.6. The topological polar surface area (TPSA) is 23.6 Å². The van der Waals surface area contributed by atoms with Crippen LogP contribution in [0.3, 0.4) is 0 Å². The molecular weight excluding hydrogens is 533 g/mol. The summed E-state index contributed by atoms with van der Waals surface area (Å²) in [5.41, 5.74) is 3.68. The van der Waals surface area contributed by atoms with Crippen LogP contribution in [-0.4, -0.2) is 34.8 Å². The number of piperidine rings is 1. The molecule has 224 valence electrons. The first-order chi connectivity index (χ1) is 20.3. The van der Waals surface area contributed by atoms with Crippen molar-refractivity contribution in [3.05, 3.63) is 119 Å². The van der Waals surface area contributed by atoms with Crippen LogP contribution in [0.15, 0.2) is 91.1 Å². The normalized spacial score (nSPS) is 14.7. The molecular formula is C36H43F3N2O. The molecule has 0 spiro atoms. The van der Waals surface area contributed by atoms with Crippen LogP contribution in [0.4, 0.5) is 13.2 Å². The molecule has 1 aliphatic rings. The van der Waals surface area contributed by atoms with E-state index in [1.165, 1.54) is 37.0 Å². The Morgan fingerprint density at radius 3 is 2.12 bits per heavy atom. The highest BCUT2D eigenvalue weighted by atomic mass is 19.4. The number of hydrogen-bond donors (Lipinski definition) is 0. The van der Waals surface area contributed by atoms with Crippen molar-refractivity contribution >= 4 is 5.91 Å². The van der Waals surface area contributed by atoms with Crippen molar-refractivity contribution in [2.24, 2.45) is 0 Å². The molecule has 0 bridgehead atoms. The summed E-state index contributed by atoms with van der Waals surface area (Å²) in [4.78, 5) is 18.2. The predicted molar refractivity (Wildman–Crippen MR) is 164 cm³/mol. The first-order valence-electron chi connectivity index (χ1n) is 15.3. The third-order valence-electron chi connectivity index (χ3n) is 8.01. The van der Waals surface area contributed by atoms with Gasteiger partial charge in [0.25, 0.3) is 0 Å². The molecule has 1 aliphatic heterocycles. The van der Waals surface area contributed by atoms with E-state index in [0.29, 0.717) is 19.4 Å². The van der Waals surface area contributed by atoms with Crippen LogP contribution in [0.1, 0.15) is 73.3 Å². The van der Waals surface area contributed by atoms with Gasteiger partial charge in [-0.1, -0.05) is 92.6 Å². The first-order valence-corrected chi connectivity index (χ1v) is 15.3. The Morgan fingerprint density at radius 1 is 0.833 bits per heavy atom. The standard InChI is InChI=1S/C36H43F3N2O/c1-2-3-6-12-29-16-18-32(19-17-29)28-41(26-11-15-30-20-22-33(23-21-30)36(37,38)39)34(27-31-13-7-4-8-14-31)35(42)40-24-9-5-10-25-40/h4,7-8,11,13-14,16-23,26,34H,2-3,5-6,9-10,12,15,24-25,27-28H2,1H3/t34-/m0/s1. The summed E-state index contributed by atoms with van der Waals surface area (Å²) in [6.45, 7) is 4.33. The van der Waals surface area contributed by atoms with Crippen molar-refractivity contribution in [3.63, 3.8) is 0 Å². The van der Waals surface area contributed by atoms with Crippen molar-refractivity contribution in [2.75, 3.05) is 13.1 Å². The summed E-state index contributed by atoms with van der Waals surface area (Å²) in [5, 5.41) is 0. The number of alkyl halides is 3. The van der Waals surface area contributed by atoms with Crippen LogP contribution in [0.25, 0.3) is 0 Å². The molecule has 3 aromatic carbocycles. The third-order valence-corrected chi connectivity index (χ3v) is 8.01. The number of hydrogen-bond acceptors (Lipinski definition) is 2. The lowest BCUT2D eigenvalue weighted by Gasteiger charge is -2.36. The summed E-state index contributed by atoms with van der Waals surface area (Å²) in [7, 11) is 0. The quantitative estimate of drug-likeness (QED) is 0.190. The smallest absolute Gasteiger partial charge is 0.361 e. The maximum Gasteiger partial charge on any atom is 0.416 e. The molecule has 6 heteroatoms. The Bertz CT molecular complexity index is 1250. The van der Waals surface area contributed by atoms with Gasteiger partial charge in [0.05, 0.1) is 5.56 Å². The number of aryl methyl sites for hydroxylation is 1. The molecule has 0 saturated carbocycles. The van der Waals surface area contributed by atoms with Crippen LogP contribution < -0.4 is 0 Å². The lowest BCUT2D eigenvalue weighted by Crippen LogP contribution is -2.49. The second-order valence-electron chi connectivity index (χ2n) is 11.3. The number of allylic oxidation sites excluding steroid dienone is 1. The van der Waals surface area contributed by atoms with Gasteiger partial charge in [0.15, 0.2) is 0 Å². The molecule has 42 heavy (non-hydrogen) atoms. The second-order valence-corrected chi connectivity index (χ2v) is 11.3. The van der Waals surface area contributed by atoms with Gasteiger partial charge in [0.2, 0.25) is 5.91 Å². The Hall–Kier alpha value is -3.54. The highest BCUT2D eigenvalue weighted by molar-refractivity contribution is 5.82. The SMILES string of the molecule is CCCCCc1ccc(CN(C=CCc2ccc(C(F)(F)F)cc2)[C@@H](Cc2ccccc2)C(=O)N2CCCCC2)cc1. The number of carbonyl (C=O) groups excluding carboxylic acids is 1. The highest BCUT2D eigenvalue weighted by Crippen LogP contribution is 2.29. The van der Waals surface area contributed by atoms with Gasteiger partial charge in [-0.25, -0.2) is 0 Å². The molecule has 1 fully saturated rings. The van der Waals surface area contributed by atoms with E-state index in [1.807, 2.05) is 35.4 Å². The average molecular weight is 577 g/mol. The van der Waals surface area contributed by atoms with Crippen molar-refractivity contribution in [1.29, 1.82) is 0 Å². The molecule has 0 aliphatic carbocycles. The first kappa shape index (κ1) is 31.4. The van der Waals surface area contributed by atoms with Crippen LogP contribution in [0, 0.1) is 0 Å². The van der Waals surface area contributed by atoms with Crippen molar-refractivity contribution < 1.29 is 18.0 Å². The zero-order chi connectivity index (χ0) is 29.8. The molecule has 1 saturated heterocycles. The summed E-state index contributed by atoms with van der Waals surface area (Å²) >= 11 is 0. The van der Waals surface area contributed by atoms with Gasteiger partial charge < -0.3 is 9.80 Å². The van der Waals surface area contributed by atoms with E-state index in [4.69, 9.17) is 0 Å². The molecule has 0 aromatic heterocycles. The zero-order valence-electron chi connectivity index (χ0n) is 24.7. The number of carbonyl (C=O) groups is 1. The van der Waals surface area contributed by atoms with Crippen LogP contribution in [0.2, 0.25) is 0 Å². The highest BCUT2D eigenvalue weighted by Gasteiger charge is 2.31. The van der Waals surface area contributed by atoms with Gasteiger partial charge >= 0.3 is 6.18 Å². The molecule has 3 aromatic rings. The minimum absolute atomic E-state index is 0.133. The Labute approximate surface area is 249 Å². The van der Waals surface area contributed by atoms with Crippen LogP contribution in [0.5, 0.6) is 0 Å². The lowest BCUT2D eigenvalue weighted by atomic mass is 10.0. The Morgan fingerprint density at radius 2 is 1.48 bits per heavy atom. The molecule has 1 heterocycles. The number of rotatable bonds is 13. The fourth-order valence-corrected chi connectivity index (χ4v) is 5.53. The van der Waals surface area contributed by atoms with E-state index in [2.05, 4.69) is 48.2 Å². The van der Waals surface area contributed by atoms with E-state index in [1.54, 1.807) is 0 Å². The van der Waals surface area contributed by atoms with Crippen molar-refractivity contribution in [1.82, 2.24) is 9.80 Å². The van der Waals surface area contributed by atoms with Gasteiger partial charge in [0.1, 0.15) is 6.04 Å². The maximum atomic E-state index is 14.0. The number of nitrogens with zero attached hydrogens (tertiary/aromatic N) is 2. The number of amides is 1. The van der Waals surface area contributed by atoms with Crippen LogP contribution >= 0.6 is 0 Å². The molecule has 1 amide bonds. The third kappa shape index (κ3) is 9.50. The largest absolute Gasteiger partial charge is 0.416 e. The predicted octanol–water partition coefficient (Wildman–Crippen LogP) is 8.62. The van der Waals surface area contributed by atoms with E-state index in [0.717, 1.165) is 67.6 Å². The summed E-state index contributed by atoms with van der Waals surface area (Å²) in [6.07, 6.45) is 8.49. The summed E-state index contributed by atoms with van der Waals surface area (Å²) in [5.74, 6) is 0.133. The van der Waals surface area contributed by atoms with E-state index in [9.17, 15) is 18.0 Å². The summed E-state index contributed by atoms with van der Waals surface area (Å²) in [6, 6.07) is 23.7.